The van der Waals surface area contributed by atoms with Gasteiger partial charge in [0.05, 0.1) is 10.6 Å². The first-order valence-corrected chi connectivity index (χ1v) is 9.92. The Morgan fingerprint density at radius 2 is 1.69 bits per heavy atom. The van der Waals surface area contributed by atoms with Crippen LogP contribution in [0, 0.1) is 0 Å². The zero-order valence-corrected chi connectivity index (χ0v) is 16.0. The number of para-hydroxylation sites is 1. The fraction of sp³-hybridized carbons (Fsp3) is 0.158. The second-order valence-electron chi connectivity index (χ2n) is 6.02. The highest BCUT2D eigenvalue weighted by Gasteiger charge is 2.32. The highest BCUT2D eigenvalue weighted by atomic mass is 32.2. The lowest BCUT2D eigenvalue weighted by Gasteiger charge is -2.16. The maximum atomic E-state index is 12.7. The van der Waals surface area contributed by atoms with Crippen molar-refractivity contribution in [3.63, 3.8) is 0 Å². The average molecular weight is 426 g/mol. The van der Waals surface area contributed by atoms with Crippen LogP contribution in [0.25, 0.3) is 11.3 Å². The van der Waals surface area contributed by atoms with Crippen molar-refractivity contribution in [2.75, 3.05) is 5.32 Å². The average Bonchev–Trinajstić information content (AvgIpc) is 3.03. The van der Waals surface area contributed by atoms with Gasteiger partial charge in [0.25, 0.3) is 10.1 Å². The van der Waals surface area contributed by atoms with Crippen molar-refractivity contribution in [1.29, 1.82) is 0 Å². The van der Waals surface area contributed by atoms with Gasteiger partial charge >= 0.3 is 6.36 Å². The largest absolute Gasteiger partial charge is 0.573 e. The van der Waals surface area contributed by atoms with Crippen molar-refractivity contribution in [1.82, 2.24) is 4.57 Å². The Balaban J connectivity index is 1.94. The highest BCUT2D eigenvalue weighted by Crippen LogP contribution is 2.36. The Kier molecular flexibility index (Phi) is 5.58. The van der Waals surface area contributed by atoms with Gasteiger partial charge in [0, 0.05) is 17.8 Å². The first-order chi connectivity index (χ1) is 13.6. The van der Waals surface area contributed by atoms with Crippen molar-refractivity contribution in [2.24, 2.45) is 0 Å². The number of benzene rings is 2. The number of ether oxygens (including phenoxy) is 1. The first kappa shape index (κ1) is 20.7. The van der Waals surface area contributed by atoms with Crippen molar-refractivity contribution in [2.45, 2.75) is 24.7 Å². The van der Waals surface area contributed by atoms with E-state index >= 15 is 0 Å². The van der Waals surface area contributed by atoms with Crippen molar-refractivity contribution in [3.05, 3.63) is 60.7 Å². The summed E-state index contributed by atoms with van der Waals surface area (Å²) < 4.78 is 75.4. The molecule has 0 saturated heterocycles. The Bertz CT molecular complexity index is 1110. The Morgan fingerprint density at radius 1 is 1.03 bits per heavy atom. The molecule has 0 atom stereocenters. The Labute approximate surface area is 165 Å². The van der Waals surface area contributed by atoms with Gasteiger partial charge in [-0.3, -0.25) is 4.55 Å². The van der Waals surface area contributed by atoms with E-state index in [1.165, 1.54) is 42.5 Å². The van der Waals surface area contributed by atoms with Gasteiger partial charge in [-0.1, -0.05) is 12.1 Å². The van der Waals surface area contributed by atoms with Crippen LogP contribution in [-0.4, -0.2) is 23.9 Å². The number of hydrogen-bond donors (Lipinski definition) is 2. The lowest BCUT2D eigenvalue weighted by Crippen LogP contribution is -2.17. The summed E-state index contributed by atoms with van der Waals surface area (Å²) in [7, 11) is -4.30. The fourth-order valence-electron chi connectivity index (χ4n) is 2.90. The van der Waals surface area contributed by atoms with Gasteiger partial charge in [-0.05, 0) is 55.5 Å². The summed E-state index contributed by atoms with van der Waals surface area (Å²) in [6.07, 6.45) is -4.81. The number of halogens is 3. The lowest BCUT2D eigenvalue weighted by atomic mass is 10.1. The van der Waals surface area contributed by atoms with Crippen LogP contribution in [0.2, 0.25) is 0 Å². The van der Waals surface area contributed by atoms with Crippen LogP contribution in [0.4, 0.5) is 24.7 Å². The van der Waals surface area contributed by atoms with Gasteiger partial charge in [-0.25, -0.2) is 0 Å². The van der Waals surface area contributed by atoms with Crippen molar-refractivity contribution in [3.8, 4) is 17.0 Å². The summed E-state index contributed by atoms with van der Waals surface area (Å²) in [6, 6.07) is 14.6. The molecule has 6 nitrogen and oxygen atoms in total. The molecule has 154 valence electrons. The number of anilines is 2. The molecular weight excluding hydrogens is 409 g/mol. The summed E-state index contributed by atoms with van der Waals surface area (Å²) in [5.41, 5.74) is 1.34. The molecule has 0 amide bonds. The normalized spacial score (nSPS) is 12.0. The quantitative estimate of drug-likeness (QED) is 0.539. The second-order valence-corrected chi connectivity index (χ2v) is 7.44. The summed E-state index contributed by atoms with van der Waals surface area (Å²) in [5.74, 6) is 0.278. The molecule has 0 fully saturated rings. The van der Waals surface area contributed by atoms with E-state index in [4.69, 9.17) is 4.55 Å². The second kappa shape index (κ2) is 7.80. The molecule has 3 rings (SSSR count). The summed E-state index contributed by atoms with van der Waals surface area (Å²) >= 11 is 0. The van der Waals surface area contributed by atoms with Gasteiger partial charge in [-0.2, -0.15) is 8.42 Å². The van der Waals surface area contributed by atoms with E-state index in [0.717, 1.165) is 0 Å². The zero-order valence-electron chi connectivity index (χ0n) is 15.1. The van der Waals surface area contributed by atoms with Crippen LogP contribution >= 0.6 is 0 Å². The van der Waals surface area contributed by atoms with Crippen molar-refractivity contribution < 1.29 is 30.9 Å². The van der Waals surface area contributed by atoms with Gasteiger partial charge < -0.3 is 14.6 Å². The molecule has 0 aliphatic carbocycles. The summed E-state index contributed by atoms with van der Waals surface area (Å²) in [5, 5.41) is 3.08. The molecule has 2 aromatic carbocycles. The monoisotopic (exact) mass is 426 g/mol. The lowest BCUT2D eigenvalue weighted by molar-refractivity contribution is -0.274. The molecule has 0 aliphatic heterocycles. The molecule has 3 aromatic rings. The molecule has 2 N–H and O–H groups in total. The van der Waals surface area contributed by atoms with E-state index in [0.29, 0.717) is 23.7 Å². The third-order valence-electron chi connectivity index (χ3n) is 4.11. The van der Waals surface area contributed by atoms with Crippen LogP contribution in [0.1, 0.15) is 6.92 Å². The molecular formula is C19H17F3N2O4S. The van der Waals surface area contributed by atoms with Crippen LogP contribution in [0.3, 0.4) is 0 Å². The number of hydrogen-bond acceptors (Lipinski definition) is 4. The minimum Gasteiger partial charge on any atom is -0.405 e. The molecule has 0 saturated carbocycles. The molecule has 10 heteroatoms. The minimum absolute atomic E-state index is 0.243. The minimum atomic E-state index is -4.81. The number of nitrogens with one attached hydrogen (secondary N) is 1. The van der Waals surface area contributed by atoms with Gasteiger partial charge in [0.15, 0.2) is 0 Å². The van der Waals surface area contributed by atoms with Crippen LogP contribution in [0.15, 0.2) is 65.6 Å². The van der Waals surface area contributed by atoms with Gasteiger partial charge in [0.2, 0.25) is 0 Å². The van der Waals surface area contributed by atoms with E-state index in [-0.39, 0.29) is 16.2 Å². The zero-order chi connectivity index (χ0) is 21.2. The highest BCUT2D eigenvalue weighted by molar-refractivity contribution is 7.85. The SMILES string of the molecule is CCn1c(Nc2ccc(S(=O)(=O)O)cc2)ccc1-c1ccccc1OC(F)(F)F. The standard InChI is InChI=1S/C19H17F3N2O4S/c1-2-24-16(15-5-3-4-6-17(15)28-19(20,21)22)11-12-18(24)23-13-7-9-14(10-8-13)29(25,26)27/h3-12,23H,2H2,1H3,(H,25,26,27). The molecule has 0 bridgehead atoms. The number of alkyl halides is 3. The molecule has 0 aliphatic rings. The molecule has 1 heterocycles. The van der Waals surface area contributed by atoms with Gasteiger partial charge in [-0.15, -0.1) is 13.2 Å². The summed E-state index contributed by atoms with van der Waals surface area (Å²) in [4.78, 5) is -0.243. The smallest absolute Gasteiger partial charge is 0.405 e. The number of rotatable bonds is 6. The molecule has 0 spiro atoms. The number of nitrogens with zero attached hydrogens (tertiary/aromatic N) is 1. The molecule has 29 heavy (non-hydrogen) atoms. The first-order valence-electron chi connectivity index (χ1n) is 8.48. The Morgan fingerprint density at radius 3 is 2.28 bits per heavy atom. The predicted octanol–water partition coefficient (Wildman–Crippen LogP) is 5.06. The van der Waals surface area contributed by atoms with Crippen LogP contribution < -0.4 is 10.1 Å². The topological polar surface area (TPSA) is 80.6 Å². The predicted molar refractivity (Wildman–Crippen MR) is 102 cm³/mol. The van der Waals surface area contributed by atoms with Crippen molar-refractivity contribution >= 4 is 21.6 Å². The molecule has 0 unspecified atom stereocenters. The third kappa shape index (κ3) is 4.90. The fourth-order valence-corrected chi connectivity index (χ4v) is 3.38. The third-order valence-corrected chi connectivity index (χ3v) is 4.98. The van der Waals surface area contributed by atoms with Crippen LogP contribution in [0.5, 0.6) is 5.75 Å². The van der Waals surface area contributed by atoms with Crippen LogP contribution in [-0.2, 0) is 16.7 Å². The molecule has 0 radical (unpaired) electrons. The van der Waals surface area contributed by atoms with E-state index < -0.39 is 16.5 Å². The van der Waals surface area contributed by atoms with E-state index in [2.05, 4.69) is 10.1 Å². The summed E-state index contributed by atoms with van der Waals surface area (Å²) in [6.45, 7) is 2.29. The van der Waals surface area contributed by atoms with Gasteiger partial charge in [0.1, 0.15) is 11.6 Å². The Hall–Kier alpha value is -2.98. The van der Waals surface area contributed by atoms with E-state index in [9.17, 15) is 21.6 Å². The van der Waals surface area contributed by atoms with E-state index in [1.807, 2.05) is 6.92 Å². The number of aromatic nitrogens is 1. The van der Waals surface area contributed by atoms with E-state index in [1.54, 1.807) is 22.8 Å². The molecule has 1 aromatic heterocycles. The maximum Gasteiger partial charge on any atom is 0.573 e. The maximum absolute atomic E-state index is 12.7.